The van der Waals surface area contributed by atoms with Crippen LogP contribution in [0.5, 0.6) is 5.75 Å². The molecule has 6 nitrogen and oxygen atoms in total. The number of aromatic nitrogens is 3. The minimum atomic E-state index is 0.544. The van der Waals surface area contributed by atoms with Gasteiger partial charge >= 0.3 is 0 Å². The molecule has 0 amide bonds. The van der Waals surface area contributed by atoms with Crippen LogP contribution in [0.1, 0.15) is 5.69 Å². The maximum atomic E-state index is 5.87. The van der Waals surface area contributed by atoms with Gasteiger partial charge in [0.1, 0.15) is 11.6 Å². The van der Waals surface area contributed by atoms with Crippen molar-refractivity contribution in [3.8, 4) is 28.3 Å². The van der Waals surface area contributed by atoms with Gasteiger partial charge in [-0.2, -0.15) is 0 Å². The SMILES string of the molecule is COc1ccc(-c2nc(NCc3ccccn3)c3c(-c4ccccc4)cccc3n2)cc1SN. The molecule has 0 saturated carbocycles. The van der Waals surface area contributed by atoms with Gasteiger partial charge in [-0.1, -0.05) is 48.5 Å². The molecular formula is C27H23N5OS. The minimum absolute atomic E-state index is 0.544. The van der Waals surface area contributed by atoms with Crippen LogP contribution in [0.15, 0.2) is 96.0 Å². The number of hydrogen-bond acceptors (Lipinski definition) is 7. The molecule has 0 bridgehead atoms. The Morgan fingerprint density at radius 1 is 0.882 bits per heavy atom. The zero-order chi connectivity index (χ0) is 23.3. The van der Waals surface area contributed by atoms with Gasteiger partial charge in [0.15, 0.2) is 5.82 Å². The normalized spacial score (nSPS) is 10.9. The van der Waals surface area contributed by atoms with Crippen molar-refractivity contribution in [3.63, 3.8) is 0 Å². The number of pyridine rings is 1. The van der Waals surface area contributed by atoms with Gasteiger partial charge < -0.3 is 10.1 Å². The zero-order valence-corrected chi connectivity index (χ0v) is 19.4. The molecule has 0 aliphatic rings. The van der Waals surface area contributed by atoms with Crippen molar-refractivity contribution in [2.24, 2.45) is 5.14 Å². The smallest absolute Gasteiger partial charge is 0.162 e. The van der Waals surface area contributed by atoms with E-state index >= 15 is 0 Å². The number of hydrogen-bond donors (Lipinski definition) is 2. The highest BCUT2D eigenvalue weighted by Crippen LogP contribution is 2.35. The van der Waals surface area contributed by atoms with Gasteiger partial charge in [-0.15, -0.1) is 0 Å². The predicted molar refractivity (Wildman–Crippen MR) is 139 cm³/mol. The number of anilines is 1. The number of nitrogens with two attached hydrogens (primary N) is 1. The molecule has 168 valence electrons. The van der Waals surface area contributed by atoms with Gasteiger partial charge in [0.25, 0.3) is 0 Å². The molecule has 7 heteroatoms. The number of ether oxygens (including phenoxy) is 1. The average Bonchev–Trinajstić information content (AvgIpc) is 2.91. The van der Waals surface area contributed by atoms with E-state index in [2.05, 4.69) is 28.5 Å². The number of methoxy groups -OCH3 is 1. The molecule has 2 heterocycles. The maximum absolute atomic E-state index is 5.87. The lowest BCUT2D eigenvalue weighted by Crippen LogP contribution is -2.06. The van der Waals surface area contributed by atoms with E-state index in [1.165, 1.54) is 0 Å². The fourth-order valence-corrected chi connectivity index (χ4v) is 4.35. The molecule has 0 saturated heterocycles. The van der Waals surface area contributed by atoms with Crippen LogP contribution in [-0.4, -0.2) is 22.1 Å². The van der Waals surface area contributed by atoms with E-state index in [4.69, 9.17) is 19.8 Å². The Hall–Kier alpha value is -3.94. The number of benzene rings is 3. The summed E-state index contributed by atoms with van der Waals surface area (Å²) in [7, 11) is 1.63. The molecule has 3 aromatic carbocycles. The van der Waals surface area contributed by atoms with Crippen molar-refractivity contribution < 1.29 is 4.74 Å². The summed E-state index contributed by atoms with van der Waals surface area (Å²) >= 11 is 1.14. The summed E-state index contributed by atoms with van der Waals surface area (Å²) in [6.45, 7) is 0.544. The van der Waals surface area contributed by atoms with Crippen molar-refractivity contribution in [2.45, 2.75) is 11.4 Å². The van der Waals surface area contributed by atoms with Crippen molar-refractivity contribution in [1.29, 1.82) is 0 Å². The van der Waals surface area contributed by atoms with E-state index < -0.39 is 0 Å². The van der Waals surface area contributed by atoms with Gasteiger partial charge in [0.2, 0.25) is 0 Å². The lowest BCUT2D eigenvalue weighted by atomic mass is 10.0. The Kier molecular flexibility index (Phi) is 6.38. The third-order valence-electron chi connectivity index (χ3n) is 5.52. The first-order valence-corrected chi connectivity index (χ1v) is 11.7. The maximum Gasteiger partial charge on any atom is 0.162 e. The van der Waals surface area contributed by atoms with Crippen LogP contribution in [0.25, 0.3) is 33.4 Å². The summed E-state index contributed by atoms with van der Waals surface area (Å²) in [5.74, 6) is 2.08. The molecule has 5 rings (SSSR count). The van der Waals surface area contributed by atoms with Crippen LogP contribution in [0.4, 0.5) is 5.82 Å². The topological polar surface area (TPSA) is 86.0 Å². The molecule has 0 radical (unpaired) electrons. The Labute approximate surface area is 202 Å². The number of nitrogens with zero attached hydrogens (tertiary/aromatic N) is 3. The van der Waals surface area contributed by atoms with E-state index in [-0.39, 0.29) is 0 Å². The number of fused-ring (bicyclic) bond motifs is 1. The van der Waals surface area contributed by atoms with Crippen LogP contribution in [0.3, 0.4) is 0 Å². The largest absolute Gasteiger partial charge is 0.496 e. The van der Waals surface area contributed by atoms with Crippen molar-refractivity contribution >= 4 is 28.7 Å². The summed E-state index contributed by atoms with van der Waals surface area (Å²) < 4.78 is 5.41. The molecule has 0 atom stereocenters. The van der Waals surface area contributed by atoms with E-state index in [1.807, 2.05) is 66.7 Å². The van der Waals surface area contributed by atoms with Crippen LogP contribution in [0, 0.1) is 0 Å². The molecule has 0 unspecified atom stereocenters. The number of rotatable bonds is 7. The lowest BCUT2D eigenvalue weighted by molar-refractivity contribution is 0.405. The fraction of sp³-hybridized carbons (Fsp3) is 0.0741. The van der Waals surface area contributed by atoms with Crippen molar-refractivity contribution in [3.05, 3.63) is 96.8 Å². The quantitative estimate of drug-likeness (QED) is 0.287. The molecule has 0 spiro atoms. The second-order valence-corrected chi connectivity index (χ2v) is 8.30. The summed E-state index contributed by atoms with van der Waals surface area (Å²) in [5.41, 5.74) is 4.83. The molecule has 3 N–H and O–H groups in total. The first-order valence-electron chi connectivity index (χ1n) is 10.8. The van der Waals surface area contributed by atoms with Gasteiger partial charge in [-0.3, -0.25) is 10.1 Å². The molecular weight excluding hydrogens is 442 g/mol. The second kappa shape index (κ2) is 9.91. The fourth-order valence-electron chi connectivity index (χ4n) is 3.88. The first kappa shape index (κ1) is 21.9. The highest BCUT2D eigenvalue weighted by atomic mass is 32.2. The predicted octanol–water partition coefficient (Wildman–Crippen LogP) is 5.95. The van der Waals surface area contributed by atoms with Crippen LogP contribution in [0.2, 0.25) is 0 Å². The summed E-state index contributed by atoms with van der Waals surface area (Å²) in [4.78, 5) is 15.1. The highest BCUT2D eigenvalue weighted by molar-refractivity contribution is 7.97. The summed E-state index contributed by atoms with van der Waals surface area (Å²) in [6.07, 6.45) is 1.79. The third kappa shape index (κ3) is 4.44. The standard InChI is InChI=1S/C27H23N5OS/c1-33-23-14-13-19(16-24(23)34-28)26-31-22-12-7-11-21(18-8-3-2-4-9-18)25(22)27(32-26)30-17-20-10-5-6-15-29-20/h2-16H,17,28H2,1H3,(H,30,31,32). The molecule has 5 aromatic rings. The van der Waals surface area contributed by atoms with Gasteiger partial charge in [-0.05, 0) is 59.5 Å². The van der Waals surface area contributed by atoms with Gasteiger partial charge in [-0.25, -0.2) is 9.97 Å². The highest BCUT2D eigenvalue weighted by Gasteiger charge is 2.15. The Bertz CT molecular complexity index is 1430. The average molecular weight is 466 g/mol. The van der Waals surface area contributed by atoms with Crippen molar-refractivity contribution in [1.82, 2.24) is 15.0 Å². The summed E-state index contributed by atoms with van der Waals surface area (Å²) in [5, 5.41) is 10.3. The molecule has 34 heavy (non-hydrogen) atoms. The third-order valence-corrected chi connectivity index (χ3v) is 6.09. The van der Waals surface area contributed by atoms with Crippen molar-refractivity contribution in [2.75, 3.05) is 12.4 Å². The first-order chi connectivity index (χ1) is 16.8. The van der Waals surface area contributed by atoms with E-state index in [1.54, 1.807) is 13.3 Å². The molecule has 2 aromatic heterocycles. The summed E-state index contributed by atoms with van der Waals surface area (Å²) in [6, 6.07) is 28.1. The molecule has 0 fully saturated rings. The molecule has 0 aliphatic carbocycles. The van der Waals surface area contributed by atoms with E-state index in [0.717, 1.165) is 61.7 Å². The van der Waals surface area contributed by atoms with Gasteiger partial charge in [0.05, 0.1) is 35.1 Å². The Balaban J connectivity index is 1.67. The van der Waals surface area contributed by atoms with Crippen LogP contribution >= 0.6 is 11.9 Å². The minimum Gasteiger partial charge on any atom is -0.496 e. The van der Waals surface area contributed by atoms with E-state index in [9.17, 15) is 0 Å². The van der Waals surface area contributed by atoms with E-state index in [0.29, 0.717) is 12.4 Å². The van der Waals surface area contributed by atoms with Crippen LogP contribution in [-0.2, 0) is 6.54 Å². The van der Waals surface area contributed by atoms with Gasteiger partial charge in [0, 0.05) is 11.8 Å². The Morgan fingerprint density at radius 3 is 2.50 bits per heavy atom. The lowest BCUT2D eigenvalue weighted by Gasteiger charge is -2.15. The Morgan fingerprint density at radius 2 is 1.74 bits per heavy atom. The number of nitrogens with one attached hydrogen (secondary N) is 1. The van der Waals surface area contributed by atoms with Crippen LogP contribution < -0.4 is 15.2 Å². The monoisotopic (exact) mass is 465 g/mol. The molecule has 0 aliphatic heterocycles. The second-order valence-electron chi connectivity index (χ2n) is 7.62. The zero-order valence-electron chi connectivity index (χ0n) is 18.6.